The number of benzene rings is 3. The fourth-order valence-corrected chi connectivity index (χ4v) is 3.12. The number of nitrogens with two attached hydrogens (primary N) is 1. The highest BCUT2D eigenvalue weighted by Crippen LogP contribution is 2.34. The molecule has 11 nitrogen and oxygen atoms in total. The molecule has 0 bridgehead atoms. The van der Waals surface area contributed by atoms with Crippen molar-refractivity contribution in [2.45, 2.75) is 0 Å². The highest BCUT2D eigenvalue weighted by atomic mass is 35.5. The normalized spacial score (nSPS) is 12.7. The van der Waals surface area contributed by atoms with Gasteiger partial charge in [0.05, 0.1) is 34.3 Å². The number of amidine groups is 1. The molecular weight excluding hydrogens is 440 g/mol. The summed E-state index contributed by atoms with van der Waals surface area (Å²) in [5, 5.41) is 30.0. The van der Waals surface area contributed by atoms with Gasteiger partial charge in [0.15, 0.2) is 11.4 Å². The fourth-order valence-electron chi connectivity index (χ4n) is 3.12. The van der Waals surface area contributed by atoms with Crippen LogP contribution in [0.4, 0.5) is 22.7 Å². The first-order chi connectivity index (χ1) is 15.0. The molecule has 3 aromatic rings. The van der Waals surface area contributed by atoms with Crippen LogP contribution >= 0.6 is 0 Å². The molecule has 12 heteroatoms. The molecule has 0 aromatic heterocycles. The van der Waals surface area contributed by atoms with Crippen LogP contribution in [0.15, 0.2) is 77.9 Å². The Balaban J connectivity index is 0.00000289. The summed E-state index contributed by atoms with van der Waals surface area (Å²) in [5.41, 5.74) is 3.55. The summed E-state index contributed by atoms with van der Waals surface area (Å²) in [6.45, 7) is 0. The number of nitro benzene ring substituents is 2. The maximum Gasteiger partial charge on any atom is 0.277 e. The quantitative estimate of drug-likeness (QED) is 0.303. The number of hydrazone groups is 1. The molecule has 0 unspecified atom stereocenters. The summed E-state index contributed by atoms with van der Waals surface area (Å²) in [6.07, 6.45) is 0. The molecule has 3 aromatic carbocycles. The second-order valence-electron chi connectivity index (χ2n) is 6.50. The predicted molar refractivity (Wildman–Crippen MR) is 113 cm³/mol. The SMILES string of the molecule is COc1cc([N+](=O)[O-])ccc1N1[NH2+]C(c2ccccc2)=NN1c1ccc([N+](=O)[O-])cc1.[Cl-]. The number of methoxy groups -OCH3 is 1. The van der Waals surface area contributed by atoms with E-state index in [9.17, 15) is 20.2 Å². The molecule has 1 aliphatic rings. The van der Waals surface area contributed by atoms with E-state index in [-0.39, 0.29) is 29.5 Å². The predicted octanol–water partition coefficient (Wildman–Crippen LogP) is -0.403. The largest absolute Gasteiger partial charge is 1.00 e. The lowest BCUT2D eigenvalue weighted by Gasteiger charge is -2.24. The van der Waals surface area contributed by atoms with Crippen molar-refractivity contribution in [2.75, 3.05) is 17.3 Å². The number of halogens is 1. The number of rotatable bonds is 6. The standard InChI is InChI=1S/C20H16N6O5.ClH/c1-31-19-13-17(26(29)30)11-12-18(19)24-22-20(14-5-3-2-4-6-14)21-23(24)15-7-9-16(10-8-15)25(27)28;/h2-13H,1H3,(H,21,22);1H. The summed E-state index contributed by atoms with van der Waals surface area (Å²) in [4.78, 5) is 21.2. The van der Waals surface area contributed by atoms with Crippen molar-refractivity contribution < 1.29 is 32.4 Å². The Morgan fingerprint density at radius 3 is 2.12 bits per heavy atom. The van der Waals surface area contributed by atoms with E-state index in [2.05, 4.69) is 5.10 Å². The van der Waals surface area contributed by atoms with Crippen molar-refractivity contribution in [3.63, 3.8) is 0 Å². The summed E-state index contributed by atoms with van der Waals surface area (Å²) in [7, 11) is 1.42. The van der Waals surface area contributed by atoms with E-state index in [1.54, 1.807) is 33.9 Å². The van der Waals surface area contributed by atoms with Gasteiger partial charge in [-0.1, -0.05) is 28.4 Å². The van der Waals surface area contributed by atoms with Crippen LogP contribution < -0.4 is 32.8 Å². The van der Waals surface area contributed by atoms with Crippen molar-refractivity contribution in [3.05, 3.63) is 98.6 Å². The molecule has 1 aliphatic heterocycles. The van der Waals surface area contributed by atoms with Gasteiger partial charge in [0.2, 0.25) is 0 Å². The number of non-ortho nitro benzene ring substituents is 2. The molecule has 0 radical (unpaired) electrons. The van der Waals surface area contributed by atoms with Crippen LogP contribution in [0, 0.1) is 20.2 Å². The first-order valence-corrected chi connectivity index (χ1v) is 9.13. The third-order valence-electron chi connectivity index (χ3n) is 4.63. The Morgan fingerprint density at radius 1 is 0.906 bits per heavy atom. The summed E-state index contributed by atoms with van der Waals surface area (Å²) >= 11 is 0. The van der Waals surface area contributed by atoms with E-state index in [0.29, 0.717) is 17.2 Å². The topological polar surface area (TPSA) is 131 Å². The molecule has 0 fully saturated rings. The molecule has 0 amide bonds. The van der Waals surface area contributed by atoms with E-state index in [1.807, 2.05) is 30.3 Å². The zero-order valence-corrected chi connectivity index (χ0v) is 17.4. The van der Waals surface area contributed by atoms with Crippen molar-refractivity contribution in [1.29, 1.82) is 0 Å². The van der Waals surface area contributed by atoms with Crippen LogP contribution in [0.5, 0.6) is 5.75 Å². The van der Waals surface area contributed by atoms with Crippen molar-refractivity contribution in [1.82, 2.24) is 0 Å². The number of hydrogen-bond acceptors (Lipinski definition) is 8. The van der Waals surface area contributed by atoms with Gasteiger partial charge in [-0.25, -0.2) is 0 Å². The number of ether oxygens (including phenoxy) is 1. The number of nitrogens with zero attached hydrogens (tertiary/aromatic N) is 5. The lowest BCUT2D eigenvalue weighted by Crippen LogP contribution is -3.00. The molecule has 0 aliphatic carbocycles. The second kappa shape index (κ2) is 9.29. The minimum absolute atomic E-state index is 0. The van der Waals surface area contributed by atoms with Gasteiger partial charge < -0.3 is 17.1 Å². The molecule has 0 atom stereocenters. The molecule has 1 heterocycles. The third-order valence-corrected chi connectivity index (χ3v) is 4.63. The Hall–Kier alpha value is -4.22. The van der Waals surface area contributed by atoms with Gasteiger partial charge in [0.25, 0.3) is 17.2 Å². The Labute approximate surface area is 188 Å². The van der Waals surface area contributed by atoms with Gasteiger partial charge >= 0.3 is 0 Å². The third kappa shape index (κ3) is 4.29. The Morgan fingerprint density at radius 2 is 1.53 bits per heavy atom. The number of hydrogen-bond donors (Lipinski definition) is 1. The zero-order chi connectivity index (χ0) is 22.0. The van der Waals surface area contributed by atoms with Crippen molar-refractivity contribution in [3.8, 4) is 5.75 Å². The molecule has 2 N–H and O–H groups in total. The molecule has 0 saturated carbocycles. The number of anilines is 2. The Kier molecular flexibility index (Phi) is 6.52. The smallest absolute Gasteiger partial charge is 0.277 e. The highest BCUT2D eigenvalue weighted by molar-refractivity contribution is 5.94. The summed E-state index contributed by atoms with van der Waals surface area (Å²) < 4.78 is 5.39. The van der Waals surface area contributed by atoms with Crippen molar-refractivity contribution in [2.24, 2.45) is 5.10 Å². The summed E-state index contributed by atoms with van der Waals surface area (Å²) in [6, 6.07) is 19.7. The van der Waals surface area contributed by atoms with Crippen LogP contribution in [0.2, 0.25) is 0 Å². The molecule has 32 heavy (non-hydrogen) atoms. The maximum atomic E-state index is 11.2. The molecule has 0 saturated heterocycles. The maximum absolute atomic E-state index is 11.2. The molecule has 4 rings (SSSR count). The first kappa shape index (κ1) is 22.5. The van der Waals surface area contributed by atoms with Crippen LogP contribution in [0.25, 0.3) is 0 Å². The van der Waals surface area contributed by atoms with Gasteiger partial charge in [-0.2, -0.15) is 5.43 Å². The number of hydrazine groups is 1. The van der Waals surface area contributed by atoms with E-state index < -0.39 is 9.85 Å². The minimum atomic E-state index is -0.500. The molecular formula is C20H17ClN6O5. The average Bonchev–Trinajstić information content (AvgIpc) is 3.24. The first-order valence-electron chi connectivity index (χ1n) is 9.13. The lowest BCUT2D eigenvalue weighted by molar-refractivity contribution is -0.545. The van der Waals surface area contributed by atoms with E-state index in [1.165, 1.54) is 31.4 Å². The van der Waals surface area contributed by atoms with Gasteiger partial charge in [0, 0.05) is 18.2 Å². The van der Waals surface area contributed by atoms with E-state index >= 15 is 0 Å². The van der Waals surface area contributed by atoms with Crippen LogP contribution in [-0.2, 0) is 0 Å². The number of nitro groups is 2. The second-order valence-corrected chi connectivity index (χ2v) is 6.50. The monoisotopic (exact) mass is 456 g/mol. The zero-order valence-electron chi connectivity index (χ0n) is 16.7. The minimum Gasteiger partial charge on any atom is -1.00 e. The Bertz CT molecular complexity index is 1170. The average molecular weight is 457 g/mol. The van der Waals surface area contributed by atoms with E-state index in [0.717, 1.165) is 5.56 Å². The van der Waals surface area contributed by atoms with E-state index in [4.69, 9.17) is 4.74 Å². The molecule has 164 valence electrons. The van der Waals surface area contributed by atoms with Gasteiger partial charge in [-0.3, -0.25) is 20.2 Å². The van der Waals surface area contributed by atoms with Gasteiger partial charge in [-0.15, -0.1) is 5.12 Å². The highest BCUT2D eigenvalue weighted by Gasteiger charge is 2.34. The van der Waals surface area contributed by atoms with Gasteiger partial charge in [0.1, 0.15) is 0 Å². The van der Waals surface area contributed by atoms with Gasteiger partial charge in [-0.05, 0) is 30.3 Å². The number of quaternary nitrogens is 1. The molecule has 0 spiro atoms. The van der Waals surface area contributed by atoms with Crippen LogP contribution in [0.1, 0.15) is 5.56 Å². The summed E-state index contributed by atoms with van der Waals surface area (Å²) in [5.74, 6) is 0.918. The van der Waals surface area contributed by atoms with Crippen molar-refractivity contribution >= 4 is 28.6 Å². The lowest BCUT2D eigenvalue weighted by atomic mass is 10.2. The van der Waals surface area contributed by atoms with Crippen LogP contribution in [-0.4, -0.2) is 22.8 Å². The fraction of sp³-hybridized carbons (Fsp3) is 0.0500. The van der Waals surface area contributed by atoms with Crippen LogP contribution in [0.3, 0.4) is 0 Å².